The molecule has 2 amide bonds. The predicted octanol–water partition coefficient (Wildman–Crippen LogP) is 1.14. The number of hydrogen-bond donors (Lipinski definition) is 1. The van der Waals surface area contributed by atoms with Crippen molar-refractivity contribution in [2.75, 3.05) is 40.3 Å². The lowest BCUT2D eigenvalue weighted by atomic mass is 9.96. The van der Waals surface area contributed by atoms with Crippen LogP contribution in [-0.4, -0.2) is 67.0 Å². The molecule has 1 aliphatic heterocycles. The molecule has 140 valence electrons. The van der Waals surface area contributed by atoms with Crippen molar-refractivity contribution in [2.45, 2.75) is 39.5 Å². The average molecular weight is 350 g/mol. The van der Waals surface area contributed by atoms with Crippen LogP contribution in [0.15, 0.2) is 4.52 Å². The summed E-state index contributed by atoms with van der Waals surface area (Å²) in [5.74, 6) is 0.968. The largest absolute Gasteiger partial charge is 0.361 e. The first-order chi connectivity index (χ1) is 11.9. The van der Waals surface area contributed by atoms with Gasteiger partial charge in [0.25, 0.3) is 0 Å². The Morgan fingerprint density at radius 1 is 1.40 bits per heavy atom. The second-order valence-corrected chi connectivity index (χ2v) is 7.08. The minimum Gasteiger partial charge on any atom is -0.361 e. The first-order valence-electron chi connectivity index (χ1n) is 9.00. The zero-order valence-electron chi connectivity index (χ0n) is 15.8. The van der Waals surface area contributed by atoms with Crippen LogP contribution in [0.3, 0.4) is 0 Å². The third-order valence-electron chi connectivity index (χ3n) is 4.77. The molecule has 0 unspecified atom stereocenters. The van der Waals surface area contributed by atoms with E-state index in [1.807, 2.05) is 37.7 Å². The van der Waals surface area contributed by atoms with Crippen LogP contribution in [0.5, 0.6) is 0 Å². The molecule has 1 aliphatic rings. The van der Waals surface area contributed by atoms with Crippen molar-refractivity contribution in [1.82, 2.24) is 20.3 Å². The smallest absolute Gasteiger partial charge is 0.224 e. The van der Waals surface area contributed by atoms with Gasteiger partial charge in [0.05, 0.1) is 11.6 Å². The zero-order chi connectivity index (χ0) is 18.4. The van der Waals surface area contributed by atoms with E-state index in [2.05, 4.69) is 10.5 Å². The van der Waals surface area contributed by atoms with Gasteiger partial charge in [0.1, 0.15) is 5.76 Å². The van der Waals surface area contributed by atoms with E-state index < -0.39 is 0 Å². The van der Waals surface area contributed by atoms with Gasteiger partial charge >= 0.3 is 0 Å². The summed E-state index contributed by atoms with van der Waals surface area (Å²) in [5.41, 5.74) is 2.05. The number of aryl methyl sites for hydroxylation is 2. The SMILES string of the molecule is Cc1noc(C)c1CCCNC(=O)[C@H]1CCC(=O)N(CCN(C)C)C1. The lowest BCUT2D eigenvalue weighted by Gasteiger charge is -2.32. The number of likely N-dealkylation sites (tertiary alicyclic amines) is 1. The normalized spacial score (nSPS) is 18.0. The van der Waals surface area contributed by atoms with Gasteiger partial charge in [-0.05, 0) is 47.2 Å². The van der Waals surface area contributed by atoms with E-state index >= 15 is 0 Å². The Labute approximate surface area is 149 Å². The van der Waals surface area contributed by atoms with E-state index in [-0.39, 0.29) is 17.7 Å². The van der Waals surface area contributed by atoms with E-state index in [0.717, 1.165) is 36.4 Å². The number of hydrogen-bond acceptors (Lipinski definition) is 5. The molecule has 1 fully saturated rings. The fraction of sp³-hybridized carbons (Fsp3) is 0.722. The Hall–Kier alpha value is -1.89. The molecule has 1 N–H and O–H groups in total. The van der Waals surface area contributed by atoms with Crippen LogP contribution < -0.4 is 5.32 Å². The lowest BCUT2D eigenvalue weighted by molar-refractivity contribution is -0.138. The molecule has 1 atom stereocenters. The third kappa shape index (κ3) is 5.56. The molecule has 25 heavy (non-hydrogen) atoms. The number of amides is 2. The lowest BCUT2D eigenvalue weighted by Crippen LogP contribution is -2.47. The average Bonchev–Trinajstić information content (AvgIpc) is 2.89. The van der Waals surface area contributed by atoms with Crippen molar-refractivity contribution in [2.24, 2.45) is 5.92 Å². The minimum atomic E-state index is -0.0982. The molecular formula is C18H30N4O3. The summed E-state index contributed by atoms with van der Waals surface area (Å²) in [6.07, 6.45) is 2.81. The standard InChI is InChI=1S/C18H30N4O3/c1-13-16(14(2)25-20-13)6-5-9-19-18(24)15-7-8-17(23)22(12-15)11-10-21(3)4/h15H,5-12H2,1-4H3,(H,19,24)/t15-/m0/s1. The van der Waals surface area contributed by atoms with Crippen molar-refractivity contribution in [3.63, 3.8) is 0 Å². The van der Waals surface area contributed by atoms with Crippen LogP contribution in [0, 0.1) is 19.8 Å². The second-order valence-electron chi connectivity index (χ2n) is 7.08. The third-order valence-corrected chi connectivity index (χ3v) is 4.77. The van der Waals surface area contributed by atoms with Crippen molar-refractivity contribution in [3.05, 3.63) is 17.0 Å². The Kier molecular flexibility index (Phi) is 6.99. The molecule has 0 spiro atoms. The topological polar surface area (TPSA) is 78.7 Å². The number of piperidine rings is 1. The maximum Gasteiger partial charge on any atom is 0.224 e. The van der Waals surface area contributed by atoms with Crippen molar-refractivity contribution >= 4 is 11.8 Å². The molecule has 0 bridgehead atoms. The van der Waals surface area contributed by atoms with Crippen LogP contribution in [0.25, 0.3) is 0 Å². The van der Waals surface area contributed by atoms with Gasteiger partial charge in [-0.25, -0.2) is 0 Å². The number of rotatable bonds is 8. The van der Waals surface area contributed by atoms with Gasteiger partial charge in [-0.3, -0.25) is 9.59 Å². The summed E-state index contributed by atoms with van der Waals surface area (Å²) in [6.45, 7) is 6.51. The number of carbonyl (C=O) groups excluding carboxylic acids is 2. The monoisotopic (exact) mass is 350 g/mol. The van der Waals surface area contributed by atoms with Crippen LogP contribution in [0.1, 0.15) is 36.3 Å². The van der Waals surface area contributed by atoms with E-state index in [1.165, 1.54) is 0 Å². The minimum absolute atomic E-state index is 0.0566. The number of carbonyl (C=O) groups is 2. The van der Waals surface area contributed by atoms with Crippen LogP contribution in [-0.2, 0) is 16.0 Å². The highest BCUT2D eigenvalue weighted by molar-refractivity contribution is 5.83. The summed E-state index contributed by atoms with van der Waals surface area (Å²) in [6, 6.07) is 0. The molecule has 0 aliphatic carbocycles. The van der Waals surface area contributed by atoms with E-state index in [4.69, 9.17) is 4.52 Å². The predicted molar refractivity (Wildman–Crippen MR) is 95.2 cm³/mol. The van der Waals surface area contributed by atoms with E-state index in [9.17, 15) is 9.59 Å². The zero-order valence-corrected chi connectivity index (χ0v) is 15.8. The molecule has 1 saturated heterocycles. The highest BCUT2D eigenvalue weighted by Crippen LogP contribution is 2.18. The molecule has 7 heteroatoms. The van der Waals surface area contributed by atoms with Gasteiger partial charge in [-0.15, -0.1) is 0 Å². The van der Waals surface area contributed by atoms with Gasteiger partial charge in [0.15, 0.2) is 0 Å². The summed E-state index contributed by atoms with van der Waals surface area (Å²) in [5, 5.41) is 6.96. The van der Waals surface area contributed by atoms with Crippen molar-refractivity contribution in [1.29, 1.82) is 0 Å². The Morgan fingerprint density at radius 3 is 2.80 bits per heavy atom. The Bertz CT molecular complexity index is 578. The van der Waals surface area contributed by atoms with E-state index in [1.54, 1.807) is 0 Å². The molecule has 0 saturated carbocycles. The first-order valence-corrected chi connectivity index (χ1v) is 9.00. The fourth-order valence-electron chi connectivity index (χ4n) is 3.15. The van der Waals surface area contributed by atoms with Crippen LogP contribution in [0.4, 0.5) is 0 Å². The maximum atomic E-state index is 12.4. The van der Waals surface area contributed by atoms with Crippen LogP contribution >= 0.6 is 0 Å². The molecule has 2 rings (SSSR count). The number of likely N-dealkylation sites (N-methyl/N-ethyl adjacent to an activating group) is 1. The van der Waals surface area contributed by atoms with Gasteiger partial charge in [-0.2, -0.15) is 0 Å². The van der Waals surface area contributed by atoms with Gasteiger partial charge < -0.3 is 19.6 Å². The molecule has 0 aromatic carbocycles. The Balaban J connectivity index is 1.73. The summed E-state index contributed by atoms with van der Waals surface area (Å²) < 4.78 is 5.15. The Morgan fingerprint density at radius 2 is 2.16 bits per heavy atom. The second kappa shape index (κ2) is 8.99. The number of nitrogens with one attached hydrogen (secondary N) is 1. The maximum absolute atomic E-state index is 12.4. The number of nitrogens with zero attached hydrogens (tertiary/aromatic N) is 3. The first kappa shape index (κ1) is 19.4. The van der Waals surface area contributed by atoms with Gasteiger partial charge in [-0.1, -0.05) is 5.16 Å². The van der Waals surface area contributed by atoms with Crippen molar-refractivity contribution < 1.29 is 14.1 Å². The van der Waals surface area contributed by atoms with Crippen molar-refractivity contribution in [3.8, 4) is 0 Å². The molecule has 0 radical (unpaired) electrons. The van der Waals surface area contributed by atoms with E-state index in [0.29, 0.717) is 32.5 Å². The highest BCUT2D eigenvalue weighted by Gasteiger charge is 2.29. The molecule has 7 nitrogen and oxygen atoms in total. The summed E-state index contributed by atoms with van der Waals surface area (Å²) in [7, 11) is 3.97. The van der Waals surface area contributed by atoms with Gasteiger partial charge in [0, 0.05) is 38.2 Å². The molecule has 1 aromatic heterocycles. The fourth-order valence-corrected chi connectivity index (χ4v) is 3.15. The summed E-state index contributed by atoms with van der Waals surface area (Å²) >= 11 is 0. The van der Waals surface area contributed by atoms with Crippen LogP contribution in [0.2, 0.25) is 0 Å². The highest BCUT2D eigenvalue weighted by atomic mass is 16.5. The molecular weight excluding hydrogens is 320 g/mol. The van der Waals surface area contributed by atoms with Gasteiger partial charge in [0.2, 0.25) is 11.8 Å². The molecule has 1 aromatic rings. The molecule has 2 heterocycles. The summed E-state index contributed by atoms with van der Waals surface area (Å²) in [4.78, 5) is 28.2. The number of aromatic nitrogens is 1. The quantitative estimate of drug-likeness (QED) is 0.711.